The number of methoxy groups -OCH3 is 2. The van der Waals surface area contributed by atoms with Gasteiger partial charge in [-0.1, -0.05) is 6.07 Å². The van der Waals surface area contributed by atoms with E-state index in [9.17, 15) is 13.2 Å². The summed E-state index contributed by atoms with van der Waals surface area (Å²) in [5.74, 6) is 0.723. The van der Waals surface area contributed by atoms with Gasteiger partial charge in [-0.3, -0.25) is 4.79 Å². The molecule has 1 unspecified atom stereocenters. The molecule has 1 aliphatic heterocycles. The van der Waals surface area contributed by atoms with E-state index < -0.39 is 9.84 Å². The van der Waals surface area contributed by atoms with Crippen LogP contribution in [-0.2, 0) is 9.84 Å². The number of hydrogen-bond acceptors (Lipinski definition) is 5. The summed E-state index contributed by atoms with van der Waals surface area (Å²) < 4.78 is 33.9. The summed E-state index contributed by atoms with van der Waals surface area (Å²) in [7, 11) is -0.0781. The van der Waals surface area contributed by atoms with Gasteiger partial charge in [0.05, 0.1) is 25.7 Å². The molecule has 1 fully saturated rings. The summed E-state index contributed by atoms with van der Waals surface area (Å²) in [6.45, 7) is 2.27. The van der Waals surface area contributed by atoms with E-state index in [1.165, 1.54) is 14.2 Å². The average molecular weight is 327 g/mol. The Morgan fingerprint density at radius 2 is 1.86 bits per heavy atom. The van der Waals surface area contributed by atoms with E-state index in [2.05, 4.69) is 0 Å². The van der Waals surface area contributed by atoms with Crippen LogP contribution in [-0.4, -0.2) is 57.5 Å². The maximum atomic E-state index is 12.9. The smallest absolute Gasteiger partial charge is 0.261 e. The molecule has 2 rings (SSSR count). The molecule has 0 aliphatic carbocycles. The number of nitrogens with zero attached hydrogens (tertiary/aromatic N) is 1. The van der Waals surface area contributed by atoms with E-state index in [1.54, 1.807) is 23.1 Å². The maximum Gasteiger partial charge on any atom is 0.261 e. The molecule has 1 amide bonds. The lowest BCUT2D eigenvalue weighted by molar-refractivity contribution is 0.0701. The van der Waals surface area contributed by atoms with Crippen molar-refractivity contribution in [2.24, 2.45) is 0 Å². The molecule has 7 heteroatoms. The van der Waals surface area contributed by atoms with Crippen molar-refractivity contribution in [1.29, 1.82) is 0 Å². The van der Waals surface area contributed by atoms with Crippen molar-refractivity contribution in [2.45, 2.75) is 19.4 Å². The summed E-state index contributed by atoms with van der Waals surface area (Å²) in [4.78, 5) is 14.5. The Balaban J connectivity index is 2.37. The lowest BCUT2D eigenvalue weighted by Crippen LogP contribution is -2.41. The van der Waals surface area contributed by atoms with Crippen molar-refractivity contribution in [3.63, 3.8) is 0 Å². The molecule has 0 radical (unpaired) electrons. The molecule has 0 spiro atoms. The maximum absolute atomic E-state index is 12.9. The van der Waals surface area contributed by atoms with Gasteiger partial charge in [0.15, 0.2) is 9.84 Å². The van der Waals surface area contributed by atoms with Crippen LogP contribution in [0.5, 0.6) is 11.5 Å². The Labute approximate surface area is 130 Å². The second-order valence-corrected chi connectivity index (χ2v) is 7.41. The lowest BCUT2D eigenvalue weighted by Gasteiger charge is -2.28. The van der Waals surface area contributed by atoms with Crippen LogP contribution >= 0.6 is 0 Å². The van der Waals surface area contributed by atoms with Gasteiger partial charge in [-0.05, 0) is 25.5 Å². The van der Waals surface area contributed by atoms with Gasteiger partial charge in [-0.15, -0.1) is 0 Å². The van der Waals surface area contributed by atoms with E-state index >= 15 is 0 Å². The van der Waals surface area contributed by atoms with Gasteiger partial charge in [0.1, 0.15) is 17.1 Å². The molecule has 122 valence electrons. The normalized spacial score (nSPS) is 19.7. The highest BCUT2D eigenvalue weighted by Gasteiger charge is 2.35. The molecule has 22 heavy (non-hydrogen) atoms. The van der Waals surface area contributed by atoms with Crippen LogP contribution in [0.3, 0.4) is 0 Å². The van der Waals surface area contributed by atoms with Gasteiger partial charge in [0.25, 0.3) is 5.91 Å². The summed E-state index contributed by atoms with van der Waals surface area (Å²) in [5.41, 5.74) is 0.332. The molecule has 0 N–H and O–H groups in total. The zero-order chi connectivity index (χ0) is 16.3. The quantitative estimate of drug-likeness (QED) is 0.816. The number of rotatable bonds is 5. The van der Waals surface area contributed by atoms with Gasteiger partial charge in [0.2, 0.25) is 0 Å². The number of benzene rings is 1. The van der Waals surface area contributed by atoms with Crippen LogP contribution in [0.4, 0.5) is 0 Å². The van der Waals surface area contributed by atoms with Crippen molar-refractivity contribution < 1.29 is 22.7 Å². The number of sulfone groups is 1. The SMILES string of the molecule is CCN(C(=O)c1c(OC)cccc1OC)C1CCS(=O)(=O)C1. The molecule has 0 saturated carbocycles. The molecule has 1 heterocycles. The molecule has 1 saturated heterocycles. The monoisotopic (exact) mass is 327 g/mol. The third kappa shape index (κ3) is 3.19. The summed E-state index contributed by atoms with van der Waals surface area (Å²) >= 11 is 0. The molecule has 1 atom stereocenters. The third-order valence-corrected chi connectivity index (χ3v) is 5.64. The minimum absolute atomic E-state index is 0.0179. The van der Waals surface area contributed by atoms with Crippen LogP contribution in [0, 0.1) is 0 Å². The second-order valence-electron chi connectivity index (χ2n) is 5.19. The van der Waals surface area contributed by atoms with Crippen molar-refractivity contribution in [1.82, 2.24) is 4.90 Å². The molecule has 0 aromatic heterocycles. The average Bonchev–Trinajstić information content (AvgIpc) is 2.86. The van der Waals surface area contributed by atoms with Crippen LogP contribution in [0.15, 0.2) is 18.2 Å². The Bertz CT molecular complexity index is 634. The van der Waals surface area contributed by atoms with E-state index in [4.69, 9.17) is 9.47 Å². The minimum atomic E-state index is -3.05. The first-order valence-corrected chi connectivity index (χ1v) is 8.98. The third-order valence-electron chi connectivity index (χ3n) is 3.89. The van der Waals surface area contributed by atoms with E-state index in [0.29, 0.717) is 30.0 Å². The van der Waals surface area contributed by atoms with E-state index in [-0.39, 0.29) is 23.5 Å². The fraction of sp³-hybridized carbons (Fsp3) is 0.533. The Kier molecular flexibility index (Phi) is 4.95. The van der Waals surface area contributed by atoms with E-state index in [0.717, 1.165) is 0 Å². The van der Waals surface area contributed by atoms with Crippen molar-refractivity contribution in [3.8, 4) is 11.5 Å². The molecule has 0 bridgehead atoms. The van der Waals surface area contributed by atoms with Crippen molar-refractivity contribution in [2.75, 3.05) is 32.3 Å². The number of ether oxygens (including phenoxy) is 2. The molecule has 1 aromatic rings. The summed E-state index contributed by atoms with van der Waals surface area (Å²) in [6, 6.07) is 4.83. The van der Waals surface area contributed by atoms with Gasteiger partial charge < -0.3 is 14.4 Å². The molecular formula is C15H21NO5S. The molecular weight excluding hydrogens is 306 g/mol. The zero-order valence-electron chi connectivity index (χ0n) is 13.0. The molecule has 1 aromatic carbocycles. The highest BCUT2D eigenvalue weighted by atomic mass is 32.2. The topological polar surface area (TPSA) is 72.9 Å². The molecule has 1 aliphatic rings. The van der Waals surface area contributed by atoms with Crippen LogP contribution in [0.1, 0.15) is 23.7 Å². The number of amides is 1. The zero-order valence-corrected chi connectivity index (χ0v) is 13.9. The van der Waals surface area contributed by atoms with E-state index in [1.807, 2.05) is 6.92 Å². The lowest BCUT2D eigenvalue weighted by atomic mass is 10.1. The highest BCUT2D eigenvalue weighted by Crippen LogP contribution is 2.31. The number of carbonyl (C=O) groups excluding carboxylic acids is 1. The van der Waals surface area contributed by atoms with Crippen molar-refractivity contribution in [3.05, 3.63) is 23.8 Å². The van der Waals surface area contributed by atoms with Gasteiger partial charge in [-0.2, -0.15) is 0 Å². The first-order chi connectivity index (χ1) is 10.4. The van der Waals surface area contributed by atoms with Gasteiger partial charge >= 0.3 is 0 Å². The predicted molar refractivity (Wildman–Crippen MR) is 83.3 cm³/mol. The van der Waals surface area contributed by atoms with Crippen LogP contribution < -0.4 is 9.47 Å². The van der Waals surface area contributed by atoms with Gasteiger partial charge in [-0.25, -0.2) is 8.42 Å². The standard InChI is InChI=1S/C15H21NO5S/c1-4-16(11-8-9-22(18,19)10-11)15(17)14-12(20-2)6-5-7-13(14)21-3/h5-7,11H,4,8-10H2,1-3H3. The minimum Gasteiger partial charge on any atom is -0.496 e. The number of hydrogen-bond donors (Lipinski definition) is 0. The second kappa shape index (κ2) is 6.56. The van der Waals surface area contributed by atoms with Gasteiger partial charge in [0, 0.05) is 12.6 Å². The highest BCUT2D eigenvalue weighted by molar-refractivity contribution is 7.91. The largest absolute Gasteiger partial charge is 0.496 e. The fourth-order valence-corrected chi connectivity index (χ4v) is 4.53. The Hall–Kier alpha value is -1.76. The fourth-order valence-electron chi connectivity index (χ4n) is 2.79. The Morgan fingerprint density at radius 1 is 1.27 bits per heavy atom. The van der Waals surface area contributed by atoms with Crippen LogP contribution in [0.2, 0.25) is 0 Å². The summed E-state index contributed by atoms with van der Waals surface area (Å²) in [5, 5.41) is 0. The first kappa shape index (κ1) is 16.6. The Morgan fingerprint density at radius 3 is 2.27 bits per heavy atom. The van der Waals surface area contributed by atoms with Crippen LogP contribution in [0.25, 0.3) is 0 Å². The molecule has 6 nitrogen and oxygen atoms in total. The summed E-state index contributed by atoms with van der Waals surface area (Å²) in [6.07, 6.45) is 0.472. The first-order valence-electron chi connectivity index (χ1n) is 7.16. The predicted octanol–water partition coefficient (Wildman–Crippen LogP) is 1.35. The number of carbonyl (C=O) groups is 1. The van der Waals surface area contributed by atoms with Crippen molar-refractivity contribution >= 4 is 15.7 Å².